The van der Waals surface area contributed by atoms with Gasteiger partial charge in [-0.1, -0.05) is 284 Å². The van der Waals surface area contributed by atoms with Crippen molar-refractivity contribution in [1.82, 2.24) is 0 Å². The smallest absolute Gasteiger partial charge is 0.00987 e. The molecule has 0 heterocycles. The number of hydrogen-bond donors (Lipinski definition) is 0. The first-order chi connectivity index (χ1) is 40.4. The molecule has 15 rings (SSSR count). The third kappa shape index (κ3) is 8.92. The maximum absolute atomic E-state index is 2.35. The number of rotatable bonds is 9. The van der Waals surface area contributed by atoms with Crippen molar-refractivity contribution in [3.63, 3.8) is 0 Å². The maximum atomic E-state index is 2.35. The first kappa shape index (κ1) is 48.7. The average molecular weight is 1040 g/mol. The third-order valence-electron chi connectivity index (χ3n) is 17.0. The molecule has 0 aliphatic heterocycles. The van der Waals surface area contributed by atoms with E-state index in [0.717, 1.165) is 0 Å². The zero-order chi connectivity index (χ0) is 54.7. The fourth-order valence-electron chi connectivity index (χ4n) is 12.7. The van der Waals surface area contributed by atoms with Gasteiger partial charge >= 0.3 is 0 Å². The van der Waals surface area contributed by atoms with E-state index in [1.807, 2.05) is 0 Å². The van der Waals surface area contributed by atoms with Crippen LogP contribution in [0.4, 0.5) is 0 Å². The van der Waals surface area contributed by atoms with E-state index in [4.69, 9.17) is 0 Å². The van der Waals surface area contributed by atoms with Gasteiger partial charge in [-0.2, -0.15) is 0 Å². The lowest BCUT2D eigenvalue weighted by atomic mass is 9.88. The Morgan fingerprint density at radius 2 is 0.427 bits per heavy atom. The Bertz CT molecular complexity index is 4960. The van der Waals surface area contributed by atoms with E-state index in [2.05, 4.69) is 317 Å². The largest absolute Gasteiger partial charge is 0.0616 e. The van der Waals surface area contributed by atoms with Crippen LogP contribution in [0, 0.1) is 13.8 Å². The van der Waals surface area contributed by atoms with E-state index < -0.39 is 0 Å². The van der Waals surface area contributed by atoms with Gasteiger partial charge in [-0.15, -0.1) is 0 Å². The van der Waals surface area contributed by atoms with Crippen LogP contribution in [-0.2, 0) is 0 Å². The Kier molecular flexibility index (Phi) is 12.1. The van der Waals surface area contributed by atoms with Gasteiger partial charge in [0.2, 0.25) is 0 Å². The summed E-state index contributed by atoms with van der Waals surface area (Å²) in [5, 5.41) is 12.5. The zero-order valence-electron chi connectivity index (χ0n) is 45.9. The third-order valence-corrected chi connectivity index (χ3v) is 17.0. The van der Waals surface area contributed by atoms with Crippen molar-refractivity contribution in [1.29, 1.82) is 0 Å². The van der Waals surface area contributed by atoms with E-state index in [1.165, 1.54) is 165 Å². The second-order valence-corrected chi connectivity index (χ2v) is 22.1. The second kappa shape index (κ2) is 20.4. The lowest BCUT2D eigenvalue weighted by Gasteiger charge is -2.15. The van der Waals surface area contributed by atoms with Crippen molar-refractivity contribution >= 4 is 53.9 Å². The zero-order valence-corrected chi connectivity index (χ0v) is 45.9. The maximum Gasteiger partial charge on any atom is -0.00987 e. The van der Waals surface area contributed by atoms with Crippen LogP contribution in [-0.4, -0.2) is 0 Å². The number of fused-ring (bicyclic) bond motifs is 5. The summed E-state index contributed by atoms with van der Waals surface area (Å²) in [6.45, 7) is 4.30. The Morgan fingerprint density at radius 1 is 0.146 bits per heavy atom. The van der Waals surface area contributed by atoms with Crippen molar-refractivity contribution < 1.29 is 0 Å². The molecule has 0 aliphatic rings. The van der Waals surface area contributed by atoms with Crippen molar-refractivity contribution in [2.24, 2.45) is 0 Å². The predicted octanol–water partition coefficient (Wildman–Crippen LogP) is 23.1. The van der Waals surface area contributed by atoms with Crippen molar-refractivity contribution in [2.45, 2.75) is 13.8 Å². The van der Waals surface area contributed by atoms with Gasteiger partial charge in [0.15, 0.2) is 0 Å². The van der Waals surface area contributed by atoms with E-state index in [9.17, 15) is 0 Å². The minimum Gasteiger partial charge on any atom is -0.0616 e. The van der Waals surface area contributed by atoms with Crippen LogP contribution in [0.3, 0.4) is 0 Å². The quantitative estimate of drug-likeness (QED) is 0.135. The van der Waals surface area contributed by atoms with Crippen molar-refractivity contribution in [2.75, 3.05) is 0 Å². The van der Waals surface area contributed by atoms with Crippen LogP contribution in [0.5, 0.6) is 0 Å². The van der Waals surface area contributed by atoms with Crippen LogP contribution in [0.25, 0.3) is 154 Å². The molecule has 15 aromatic rings. The van der Waals surface area contributed by atoms with Crippen LogP contribution in [0.15, 0.2) is 303 Å². The monoisotopic (exact) mass is 1040 g/mol. The molecule has 0 bridgehead atoms. The fourth-order valence-corrected chi connectivity index (χ4v) is 12.7. The molecule has 0 aromatic heterocycles. The molecule has 82 heavy (non-hydrogen) atoms. The number of hydrogen-bond acceptors (Lipinski definition) is 0. The Hall–Kier alpha value is -10.4. The van der Waals surface area contributed by atoms with E-state index >= 15 is 0 Å². The van der Waals surface area contributed by atoms with Crippen molar-refractivity contribution in [3.8, 4) is 100 Å². The molecule has 0 unspecified atom stereocenters. The summed E-state index contributed by atoms with van der Waals surface area (Å²) in [6.07, 6.45) is 0. The first-order valence-electron chi connectivity index (χ1n) is 28.5. The molecule has 0 amide bonds. The van der Waals surface area contributed by atoms with Gasteiger partial charge in [0, 0.05) is 0 Å². The Labute approximate surface area is 479 Å². The van der Waals surface area contributed by atoms with Gasteiger partial charge in [0.1, 0.15) is 0 Å². The lowest BCUT2D eigenvalue weighted by Crippen LogP contribution is -1.89. The highest BCUT2D eigenvalue weighted by Crippen LogP contribution is 2.42. The standard InChI is InChI=1S/C82H56/c1-53-25-27-55(28-26-53)56-29-33-58(34-30-56)71-17-7-21-78-73(19-9-20-76(71)78)70-14-6-12-60(52-70)62-39-40-66-51-68(44-43-65(66)49-62)67-42-41-63-48-61(37-38-64(63)50-67)57-31-35-59(36-32-57)72-18-8-23-80-77(72)22-10-24-81(80)82-46-45-74(69-13-5-11-54(2)47-69)75-15-3-4-16-79(75)82/h3-52H,1-2H3. The normalized spacial score (nSPS) is 11.5. The van der Waals surface area contributed by atoms with Gasteiger partial charge in [0.25, 0.3) is 0 Å². The summed E-state index contributed by atoms with van der Waals surface area (Å²) in [5.41, 5.74) is 24.6. The molecular formula is C82H56. The molecule has 0 nitrogen and oxygen atoms in total. The topological polar surface area (TPSA) is 0 Å². The highest BCUT2D eigenvalue weighted by Gasteiger charge is 2.16. The van der Waals surface area contributed by atoms with Crippen molar-refractivity contribution in [3.05, 3.63) is 314 Å². The molecule has 0 saturated heterocycles. The first-order valence-corrected chi connectivity index (χ1v) is 28.5. The highest BCUT2D eigenvalue weighted by atomic mass is 14.2. The van der Waals surface area contributed by atoms with E-state index in [0.29, 0.717) is 0 Å². The number of aryl methyl sites for hydroxylation is 2. The van der Waals surface area contributed by atoms with Crippen LogP contribution >= 0.6 is 0 Å². The van der Waals surface area contributed by atoms with Gasteiger partial charge in [-0.05, 0) is 198 Å². The summed E-state index contributed by atoms with van der Waals surface area (Å²) >= 11 is 0. The van der Waals surface area contributed by atoms with E-state index in [-0.39, 0.29) is 0 Å². The molecule has 0 fully saturated rings. The summed E-state index contributed by atoms with van der Waals surface area (Å²) in [7, 11) is 0. The van der Waals surface area contributed by atoms with Gasteiger partial charge in [0.05, 0.1) is 0 Å². The molecular weight excluding hydrogens is 985 g/mol. The molecule has 0 N–H and O–H groups in total. The highest BCUT2D eigenvalue weighted by molar-refractivity contribution is 6.12. The molecule has 0 heteroatoms. The molecule has 0 saturated carbocycles. The van der Waals surface area contributed by atoms with Crippen LogP contribution in [0.1, 0.15) is 11.1 Å². The van der Waals surface area contributed by atoms with Gasteiger partial charge in [-0.25, -0.2) is 0 Å². The minimum atomic E-state index is 1.20. The molecule has 0 spiro atoms. The van der Waals surface area contributed by atoms with Gasteiger partial charge < -0.3 is 0 Å². The second-order valence-electron chi connectivity index (χ2n) is 22.1. The molecule has 0 radical (unpaired) electrons. The summed E-state index contributed by atoms with van der Waals surface area (Å²) in [6, 6.07) is 113. The Balaban J connectivity index is 0.665. The molecule has 384 valence electrons. The Morgan fingerprint density at radius 3 is 0.902 bits per heavy atom. The van der Waals surface area contributed by atoms with E-state index in [1.54, 1.807) is 0 Å². The molecule has 0 aliphatic carbocycles. The summed E-state index contributed by atoms with van der Waals surface area (Å²) in [5.74, 6) is 0. The summed E-state index contributed by atoms with van der Waals surface area (Å²) in [4.78, 5) is 0. The lowest BCUT2D eigenvalue weighted by molar-refractivity contribution is 1.47. The molecule has 0 atom stereocenters. The predicted molar refractivity (Wildman–Crippen MR) is 352 cm³/mol. The summed E-state index contributed by atoms with van der Waals surface area (Å²) < 4.78 is 0. The van der Waals surface area contributed by atoms with Crippen LogP contribution in [0.2, 0.25) is 0 Å². The number of benzene rings is 15. The molecule has 15 aromatic carbocycles. The fraction of sp³-hybridized carbons (Fsp3) is 0.0244. The van der Waals surface area contributed by atoms with Gasteiger partial charge in [-0.3, -0.25) is 0 Å². The SMILES string of the molecule is Cc1ccc(-c2ccc(-c3cccc4c(-c5cccc(-c6ccc7cc(-c8ccc9cc(-c%10ccc(-c%11cccc%12c(-c%13ccc(-c%14cccc(C)c%14)c%14ccccc%13%14)cccc%11%12)cc%10)ccc9c8)ccc7c6)c5)cccc34)cc2)cc1. The average Bonchev–Trinajstić information content (AvgIpc) is 3.72. The minimum absolute atomic E-state index is 1.20. The van der Waals surface area contributed by atoms with Crippen LogP contribution < -0.4 is 0 Å².